The maximum absolute atomic E-state index is 12.1. The van der Waals surface area contributed by atoms with Crippen LogP contribution >= 0.6 is 35.1 Å². The molecule has 0 aliphatic carbocycles. The second kappa shape index (κ2) is 10.1. The van der Waals surface area contributed by atoms with Crippen LogP contribution in [0.4, 0.5) is 0 Å². The topological polar surface area (TPSA) is 55.4 Å². The Morgan fingerprint density at radius 1 is 1.07 bits per heavy atom. The molecule has 1 fully saturated rings. The Bertz CT molecular complexity index is 792. The summed E-state index contributed by atoms with van der Waals surface area (Å²) in [6, 6.07) is 14.7. The molecule has 1 aliphatic rings. The monoisotopic (exact) mass is 421 g/mol. The predicted molar refractivity (Wildman–Crippen MR) is 112 cm³/mol. The number of ether oxygens (including phenoxy) is 1. The van der Waals surface area contributed by atoms with Gasteiger partial charge in [0.25, 0.3) is 5.91 Å². The summed E-state index contributed by atoms with van der Waals surface area (Å²) >= 11 is 9.91. The Hall–Kier alpha value is -1.63. The van der Waals surface area contributed by atoms with E-state index in [9.17, 15) is 9.59 Å². The molecule has 2 aromatic carbocycles. The van der Waals surface area contributed by atoms with Gasteiger partial charge in [-0.05, 0) is 47.3 Å². The molecule has 3 rings (SSSR count). The molecule has 142 valence electrons. The lowest BCUT2D eigenvalue weighted by molar-refractivity contribution is -0.124. The van der Waals surface area contributed by atoms with E-state index in [1.165, 1.54) is 23.5 Å². The molecule has 1 aliphatic heterocycles. The SMILES string of the molecule is O=C(COC(=O)c1ccc(C2SCCCS2)cc1)NCc1ccccc1Cl. The fourth-order valence-electron chi connectivity index (χ4n) is 2.56. The number of carbonyl (C=O) groups is 2. The van der Waals surface area contributed by atoms with Crippen molar-refractivity contribution in [1.29, 1.82) is 0 Å². The number of amides is 1. The van der Waals surface area contributed by atoms with Gasteiger partial charge in [-0.1, -0.05) is 41.9 Å². The summed E-state index contributed by atoms with van der Waals surface area (Å²) in [5, 5.41) is 3.28. The number of hydrogen-bond acceptors (Lipinski definition) is 5. The van der Waals surface area contributed by atoms with Crippen molar-refractivity contribution < 1.29 is 14.3 Å². The average Bonchev–Trinajstić information content (AvgIpc) is 2.72. The molecule has 2 aromatic rings. The molecule has 0 unspecified atom stereocenters. The Morgan fingerprint density at radius 3 is 2.48 bits per heavy atom. The van der Waals surface area contributed by atoms with Crippen molar-refractivity contribution in [3.05, 3.63) is 70.2 Å². The molecule has 1 saturated heterocycles. The number of esters is 1. The first-order valence-electron chi connectivity index (χ1n) is 8.64. The summed E-state index contributed by atoms with van der Waals surface area (Å²) in [5.74, 6) is 1.48. The fraction of sp³-hybridized carbons (Fsp3) is 0.300. The zero-order valence-corrected chi connectivity index (χ0v) is 17.0. The first-order chi connectivity index (χ1) is 13.1. The second-order valence-corrected chi connectivity index (χ2v) is 9.12. The zero-order valence-electron chi connectivity index (χ0n) is 14.7. The van der Waals surface area contributed by atoms with E-state index < -0.39 is 5.97 Å². The van der Waals surface area contributed by atoms with Crippen LogP contribution in [-0.2, 0) is 16.1 Å². The van der Waals surface area contributed by atoms with Crippen molar-refractivity contribution >= 4 is 47.0 Å². The van der Waals surface area contributed by atoms with E-state index in [4.69, 9.17) is 16.3 Å². The predicted octanol–water partition coefficient (Wildman–Crippen LogP) is 4.68. The minimum absolute atomic E-state index is 0.293. The van der Waals surface area contributed by atoms with E-state index in [0.29, 0.717) is 21.7 Å². The van der Waals surface area contributed by atoms with Gasteiger partial charge < -0.3 is 10.1 Å². The minimum Gasteiger partial charge on any atom is -0.452 e. The van der Waals surface area contributed by atoms with Crippen molar-refractivity contribution in [2.45, 2.75) is 17.5 Å². The highest BCUT2D eigenvalue weighted by atomic mass is 35.5. The largest absolute Gasteiger partial charge is 0.452 e. The van der Waals surface area contributed by atoms with Crippen LogP contribution < -0.4 is 5.32 Å². The highest BCUT2D eigenvalue weighted by Crippen LogP contribution is 2.43. The highest BCUT2D eigenvalue weighted by Gasteiger charge is 2.17. The number of thioether (sulfide) groups is 2. The molecular weight excluding hydrogens is 402 g/mol. The summed E-state index contributed by atoms with van der Waals surface area (Å²) in [6.07, 6.45) is 1.24. The Labute approximate surface area is 172 Å². The Morgan fingerprint density at radius 2 is 1.78 bits per heavy atom. The van der Waals surface area contributed by atoms with Gasteiger partial charge in [-0.3, -0.25) is 4.79 Å². The van der Waals surface area contributed by atoms with E-state index in [1.807, 2.05) is 53.9 Å². The van der Waals surface area contributed by atoms with Gasteiger partial charge in [0, 0.05) is 11.6 Å². The summed E-state index contributed by atoms with van der Waals surface area (Å²) < 4.78 is 5.53. The number of rotatable bonds is 6. The maximum Gasteiger partial charge on any atom is 0.338 e. The van der Waals surface area contributed by atoms with Crippen LogP contribution in [0.3, 0.4) is 0 Å². The Kier molecular flexibility index (Phi) is 7.50. The van der Waals surface area contributed by atoms with Crippen LogP contribution in [-0.4, -0.2) is 30.0 Å². The standard InChI is InChI=1S/C20H20ClNO3S2/c21-17-5-2-1-4-16(17)12-22-18(23)13-25-19(24)14-6-8-15(9-7-14)20-26-10-3-11-27-20/h1-2,4-9,20H,3,10-13H2,(H,22,23). The smallest absolute Gasteiger partial charge is 0.338 e. The molecule has 4 nitrogen and oxygen atoms in total. The first-order valence-corrected chi connectivity index (χ1v) is 11.1. The van der Waals surface area contributed by atoms with Gasteiger partial charge in [0.2, 0.25) is 0 Å². The zero-order chi connectivity index (χ0) is 19.1. The van der Waals surface area contributed by atoms with Gasteiger partial charge in [-0.15, -0.1) is 23.5 Å². The lowest BCUT2D eigenvalue weighted by atomic mass is 10.1. The molecule has 1 heterocycles. The molecule has 0 radical (unpaired) electrons. The molecule has 7 heteroatoms. The summed E-state index contributed by atoms with van der Waals surface area (Å²) in [6.45, 7) is -0.0269. The van der Waals surface area contributed by atoms with E-state index in [1.54, 1.807) is 18.2 Å². The molecule has 27 heavy (non-hydrogen) atoms. The third kappa shape index (κ3) is 5.92. The van der Waals surface area contributed by atoms with E-state index >= 15 is 0 Å². The van der Waals surface area contributed by atoms with Crippen molar-refractivity contribution in [3.8, 4) is 0 Å². The van der Waals surface area contributed by atoms with Gasteiger partial charge in [-0.2, -0.15) is 0 Å². The van der Waals surface area contributed by atoms with Gasteiger partial charge in [0.1, 0.15) is 0 Å². The minimum atomic E-state index is -0.501. The van der Waals surface area contributed by atoms with Gasteiger partial charge in [-0.25, -0.2) is 4.79 Å². The summed E-state index contributed by atoms with van der Waals surface area (Å²) in [5.41, 5.74) is 2.47. The molecule has 0 bridgehead atoms. The number of nitrogens with one attached hydrogen (secondary N) is 1. The van der Waals surface area contributed by atoms with Crippen LogP contribution in [0.2, 0.25) is 5.02 Å². The highest BCUT2D eigenvalue weighted by molar-refractivity contribution is 8.16. The van der Waals surface area contributed by atoms with Crippen LogP contribution in [0.1, 0.15) is 32.5 Å². The third-order valence-corrected chi connectivity index (χ3v) is 7.40. The summed E-state index contributed by atoms with van der Waals surface area (Å²) in [4.78, 5) is 24.0. The first kappa shape index (κ1) is 20.1. The average molecular weight is 422 g/mol. The maximum atomic E-state index is 12.1. The second-order valence-electron chi connectivity index (χ2n) is 5.99. The molecule has 1 N–H and O–H groups in total. The van der Waals surface area contributed by atoms with Crippen molar-refractivity contribution in [2.75, 3.05) is 18.1 Å². The van der Waals surface area contributed by atoms with Gasteiger partial charge in [0.05, 0.1) is 10.1 Å². The van der Waals surface area contributed by atoms with Crippen molar-refractivity contribution in [1.82, 2.24) is 5.32 Å². The van der Waals surface area contributed by atoms with E-state index in [-0.39, 0.29) is 12.5 Å². The number of carbonyl (C=O) groups excluding carboxylic acids is 2. The number of halogens is 1. The van der Waals surface area contributed by atoms with Crippen LogP contribution in [0, 0.1) is 0 Å². The van der Waals surface area contributed by atoms with Crippen LogP contribution in [0.5, 0.6) is 0 Å². The van der Waals surface area contributed by atoms with Crippen LogP contribution in [0.15, 0.2) is 48.5 Å². The van der Waals surface area contributed by atoms with Gasteiger partial charge in [0.15, 0.2) is 6.61 Å². The third-order valence-electron chi connectivity index (χ3n) is 4.01. The molecule has 0 spiro atoms. The quantitative estimate of drug-likeness (QED) is 0.686. The molecular formula is C20H20ClNO3S2. The lowest BCUT2D eigenvalue weighted by Crippen LogP contribution is -2.28. The normalized spacial score (nSPS) is 14.6. The number of hydrogen-bond donors (Lipinski definition) is 1. The molecule has 1 amide bonds. The van der Waals surface area contributed by atoms with Crippen molar-refractivity contribution in [3.63, 3.8) is 0 Å². The molecule has 0 saturated carbocycles. The summed E-state index contributed by atoms with van der Waals surface area (Å²) in [7, 11) is 0. The van der Waals surface area contributed by atoms with Crippen molar-refractivity contribution in [2.24, 2.45) is 0 Å². The molecule has 0 atom stereocenters. The van der Waals surface area contributed by atoms with Gasteiger partial charge >= 0.3 is 5.97 Å². The Balaban J connectivity index is 1.45. The van der Waals surface area contributed by atoms with Crippen LogP contribution in [0.25, 0.3) is 0 Å². The van der Waals surface area contributed by atoms with E-state index in [0.717, 1.165) is 5.56 Å². The number of benzene rings is 2. The lowest BCUT2D eigenvalue weighted by Gasteiger charge is -2.21. The molecule has 0 aromatic heterocycles. The van der Waals surface area contributed by atoms with E-state index in [2.05, 4.69) is 5.32 Å². The fourth-order valence-corrected chi connectivity index (χ4v) is 5.65.